The van der Waals surface area contributed by atoms with Crippen molar-refractivity contribution in [2.45, 2.75) is 13.3 Å². The van der Waals surface area contributed by atoms with Crippen LogP contribution in [-0.2, 0) is 11.2 Å². The molecule has 0 aliphatic rings. The standard InChI is InChI=1S/C12H16N2O2S/c1-8(11(13)17)12(16)14-7-6-9-2-4-10(15)5-3-9/h2-5,8,15H,6-7H2,1H3,(H2,13,17)(H,14,16). The van der Waals surface area contributed by atoms with Crippen LogP contribution in [0.4, 0.5) is 0 Å². The smallest absolute Gasteiger partial charge is 0.229 e. The van der Waals surface area contributed by atoms with Gasteiger partial charge in [0.25, 0.3) is 0 Å². The van der Waals surface area contributed by atoms with E-state index < -0.39 is 5.92 Å². The average Bonchev–Trinajstić information content (AvgIpc) is 2.30. The number of thiocarbonyl (C=S) groups is 1. The molecule has 0 heterocycles. The van der Waals surface area contributed by atoms with Crippen LogP contribution in [0.5, 0.6) is 5.75 Å². The Balaban J connectivity index is 2.35. The molecule has 0 aliphatic carbocycles. The number of carbonyl (C=O) groups is 1. The van der Waals surface area contributed by atoms with Gasteiger partial charge < -0.3 is 16.2 Å². The zero-order chi connectivity index (χ0) is 12.8. The number of benzene rings is 1. The minimum atomic E-state index is -0.440. The van der Waals surface area contributed by atoms with Crippen molar-refractivity contribution in [2.24, 2.45) is 11.7 Å². The van der Waals surface area contributed by atoms with Crippen LogP contribution in [-0.4, -0.2) is 22.5 Å². The van der Waals surface area contributed by atoms with Gasteiger partial charge in [-0.05, 0) is 31.0 Å². The lowest BCUT2D eigenvalue weighted by molar-refractivity contribution is -0.122. The van der Waals surface area contributed by atoms with E-state index in [9.17, 15) is 4.79 Å². The molecule has 4 N–H and O–H groups in total. The molecule has 1 atom stereocenters. The van der Waals surface area contributed by atoms with Crippen molar-refractivity contribution < 1.29 is 9.90 Å². The SMILES string of the molecule is CC(C(=O)NCCc1ccc(O)cc1)C(N)=S. The normalized spacial score (nSPS) is 11.8. The third kappa shape index (κ3) is 4.40. The highest BCUT2D eigenvalue weighted by atomic mass is 32.1. The fourth-order valence-electron chi connectivity index (χ4n) is 1.27. The first kappa shape index (κ1) is 13.4. The van der Waals surface area contributed by atoms with Crippen LogP contribution in [0.25, 0.3) is 0 Å². The van der Waals surface area contributed by atoms with Crippen molar-refractivity contribution in [3.63, 3.8) is 0 Å². The Hall–Kier alpha value is -1.62. The van der Waals surface area contributed by atoms with E-state index in [1.165, 1.54) is 0 Å². The lowest BCUT2D eigenvalue weighted by Crippen LogP contribution is -2.36. The van der Waals surface area contributed by atoms with E-state index in [-0.39, 0.29) is 16.6 Å². The maximum absolute atomic E-state index is 11.5. The second kappa shape index (κ2) is 6.20. The Morgan fingerprint density at radius 3 is 2.59 bits per heavy atom. The first-order valence-corrected chi connectivity index (χ1v) is 5.76. The molecule has 0 aliphatic heterocycles. The largest absolute Gasteiger partial charge is 0.508 e. The lowest BCUT2D eigenvalue weighted by Gasteiger charge is -2.10. The molecule has 4 nitrogen and oxygen atoms in total. The number of phenols is 1. The number of hydrogen-bond acceptors (Lipinski definition) is 3. The molecule has 5 heteroatoms. The first-order chi connectivity index (χ1) is 8.00. The fourth-order valence-corrected chi connectivity index (χ4v) is 1.38. The number of nitrogens with two attached hydrogens (primary N) is 1. The summed E-state index contributed by atoms with van der Waals surface area (Å²) in [6.07, 6.45) is 0.704. The Labute approximate surface area is 106 Å². The maximum Gasteiger partial charge on any atom is 0.229 e. The highest BCUT2D eigenvalue weighted by Crippen LogP contribution is 2.09. The molecule has 92 valence electrons. The van der Waals surface area contributed by atoms with Crippen molar-refractivity contribution in [3.8, 4) is 5.75 Å². The summed E-state index contributed by atoms with van der Waals surface area (Å²) >= 11 is 4.74. The molecule has 1 aromatic carbocycles. The first-order valence-electron chi connectivity index (χ1n) is 5.35. The monoisotopic (exact) mass is 252 g/mol. The minimum Gasteiger partial charge on any atom is -0.508 e. The Morgan fingerprint density at radius 2 is 2.06 bits per heavy atom. The number of carbonyl (C=O) groups excluding carboxylic acids is 1. The van der Waals surface area contributed by atoms with E-state index in [4.69, 9.17) is 23.1 Å². The number of phenolic OH excluding ortho intramolecular Hbond substituents is 1. The minimum absolute atomic E-state index is 0.156. The quantitative estimate of drug-likeness (QED) is 0.683. The van der Waals surface area contributed by atoms with Crippen LogP contribution in [0.2, 0.25) is 0 Å². The van der Waals surface area contributed by atoms with E-state index in [1.54, 1.807) is 19.1 Å². The van der Waals surface area contributed by atoms with Crippen molar-refractivity contribution >= 4 is 23.1 Å². The molecular formula is C12H16N2O2S. The van der Waals surface area contributed by atoms with Crippen LogP contribution in [0.15, 0.2) is 24.3 Å². The molecule has 1 amide bonds. The molecule has 1 aromatic rings. The van der Waals surface area contributed by atoms with Crippen molar-refractivity contribution in [1.82, 2.24) is 5.32 Å². The van der Waals surface area contributed by atoms with Gasteiger partial charge in [-0.2, -0.15) is 0 Å². The van der Waals surface area contributed by atoms with Crippen LogP contribution in [0.1, 0.15) is 12.5 Å². The summed E-state index contributed by atoms with van der Waals surface area (Å²) in [5.74, 6) is -0.360. The van der Waals surface area contributed by atoms with E-state index in [0.29, 0.717) is 13.0 Å². The molecule has 17 heavy (non-hydrogen) atoms. The summed E-state index contributed by atoms with van der Waals surface area (Å²) in [5.41, 5.74) is 6.43. The van der Waals surface area contributed by atoms with E-state index >= 15 is 0 Å². The maximum atomic E-state index is 11.5. The Morgan fingerprint density at radius 1 is 1.47 bits per heavy atom. The predicted octanol–water partition coefficient (Wildman–Crippen LogP) is 0.973. The van der Waals surface area contributed by atoms with Gasteiger partial charge >= 0.3 is 0 Å². The van der Waals surface area contributed by atoms with Gasteiger partial charge in [0, 0.05) is 6.54 Å². The number of rotatable bonds is 5. The fraction of sp³-hybridized carbons (Fsp3) is 0.333. The summed E-state index contributed by atoms with van der Waals surface area (Å²) in [4.78, 5) is 11.7. The highest BCUT2D eigenvalue weighted by molar-refractivity contribution is 7.80. The molecule has 0 bridgehead atoms. The number of hydrogen-bond donors (Lipinski definition) is 3. The zero-order valence-electron chi connectivity index (χ0n) is 9.64. The van der Waals surface area contributed by atoms with E-state index in [0.717, 1.165) is 5.56 Å². The van der Waals surface area contributed by atoms with E-state index in [2.05, 4.69) is 5.32 Å². The van der Waals surface area contributed by atoms with Gasteiger partial charge in [-0.15, -0.1) is 0 Å². The van der Waals surface area contributed by atoms with Gasteiger partial charge in [0.15, 0.2) is 0 Å². The average molecular weight is 252 g/mol. The number of amides is 1. The van der Waals surface area contributed by atoms with Gasteiger partial charge in [-0.1, -0.05) is 24.4 Å². The van der Waals surface area contributed by atoms with Gasteiger partial charge in [-0.3, -0.25) is 4.79 Å². The van der Waals surface area contributed by atoms with E-state index in [1.807, 2.05) is 12.1 Å². The Kier molecular flexibility index (Phi) is 4.90. The van der Waals surface area contributed by atoms with Crippen LogP contribution >= 0.6 is 12.2 Å². The van der Waals surface area contributed by atoms with Gasteiger partial charge in [0.2, 0.25) is 5.91 Å². The second-order valence-corrected chi connectivity index (χ2v) is 4.30. The van der Waals surface area contributed by atoms with Crippen molar-refractivity contribution in [3.05, 3.63) is 29.8 Å². The molecular weight excluding hydrogens is 236 g/mol. The third-order valence-corrected chi connectivity index (χ3v) is 2.82. The molecule has 1 rings (SSSR count). The van der Waals surface area contributed by atoms with Gasteiger partial charge in [0.1, 0.15) is 5.75 Å². The highest BCUT2D eigenvalue weighted by Gasteiger charge is 2.14. The summed E-state index contributed by atoms with van der Waals surface area (Å²) in [7, 11) is 0. The van der Waals surface area contributed by atoms with Gasteiger partial charge in [0.05, 0.1) is 10.9 Å². The molecule has 0 spiro atoms. The predicted molar refractivity (Wildman–Crippen MR) is 70.8 cm³/mol. The van der Waals surface area contributed by atoms with Crippen molar-refractivity contribution in [1.29, 1.82) is 0 Å². The van der Waals surface area contributed by atoms with Crippen LogP contribution in [0.3, 0.4) is 0 Å². The molecule has 0 saturated carbocycles. The lowest BCUT2D eigenvalue weighted by atomic mass is 10.1. The molecule has 0 fully saturated rings. The van der Waals surface area contributed by atoms with Crippen LogP contribution in [0, 0.1) is 5.92 Å². The van der Waals surface area contributed by atoms with Crippen LogP contribution < -0.4 is 11.1 Å². The van der Waals surface area contributed by atoms with Gasteiger partial charge in [-0.25, -0.2) is 0 Å². The molecule has 0 radical (unpaired) electrons. The summed E-state index contributed by atoms with van der Waals surface area (Å²) in [5, 5.41) is 11.9. The summed E-state index contributed by atoms with van der Waals surface area (Å²) in [6.45, 7) is 2.20. The molecule has 0 aromatic heterocycles. The molecule has 0 saturated heterocycles. The topological polar surface area (TPSA) is 75.3 Å². The zero-order valence-corrected chi connectivity index (χ0v) is 10.5. The second-order valence-electron chi connectivity index (χ2n) is 3.83. The number of aromatic hydroxyl groups is 1. The van der Waals surface area contributed by atoms with Crippen molar-refractivity contribution in [2.75, 3.05) is 6.54 Å². The number of nitrogens with one attached hydrogen (secondary N) is 1. The summed E-state index contributed by atoms with van der Waals surface area (Å²) < 4.78 is 0. The third-order valence-electron chi connectivity index (χ3n) is 2.47. The molecule has 1 unspecified atom stereocenters. The Bertz CT molecular complexity index is 403. The summed E-state index contributed by atoms with van der Waals surface area (Å²) in [6, 6.07) is 6.88.